The average molecular weight is 369 g/mol. The molecule has 0 unspecified atom stereocenters. The molecular formula is C26H56. The Hall–Kier alpha value is 0. The van der Waals surface area contributed by atoms with Crippen LogP contribution in [0.4, 0.5) is 0 Å². The van der Waals surface area contributed by atoms with Gasteiger partial charge >= 0.3 is 0 Å². The van der Waals surface area contributed by atoms with Gasteiger partial charge in [0.2, 0.25) is 0 Å². The van der Waals surface area contributed by atoms with Gasteiger partial charge < -0.3 is 0 Å². The fourth-order valence-corrected chi connectivity index (χ4v) is 3.47. The van der Waals surface area contributed by atoms with E-state index in [0.717, 1.165) is 0 Å². The maximum atomic E-state index is 2.30. The summed E-state index contributed by atoms with van der Waals surface area (Å²) in [5.41, 5.74) is 0. The van der Waals surface area contributed by atoms with Gasteiger partial charge in [-0.1, -0.05) is 169 Å². The lowest BCUT2D eigenvalue weighted by Crippen LogP contribution is -1.83. The molecule has 26 heavy (non-hydrogen) atoms. The highest BCUT2D eigenvalue weighted by Crippen LogP contribution is 2.14. The predicted octanol–water partition coefficient (Wildman–Crippen LogP) is 10.6. The largest absolute Gasteiger partial charge is 0.0654 e. The Kier molecular flexibility index (Phi) is 32.3. The number of rotatable bonds is 20. The van der Waals surface area contributed by atoms with E-state index in [2.05, 4.69) is 27.7 Å². The van der Waals surface area contributed by atoms with E-state index in [0.29, 0.717) is 0 Å². The molecule has 0 nitrogen and oxygen atoms in total. The van der Waals surface area contributed by atoms with Crippen molar-refractivity contribution in [2.45, 2.75) is 169 Å². The number of unbranched alkanes of at least 4 members (excludes halogenated alkanes) is 20. The molecular weight excluding hydrogens is 312 g/mol. The van der Waals surface area contributed by atoms with Crippen LogP contribution in [0.2, 0.25) is 0 Å². The van der Waals surface area contributed by atoms with Crippen LogP contribution in [0.15, 0.2) is 0 Å². The lowest BCUT2D eigenvalue weighted by Gasteiger charge is -2.03. The van der Waals surface area contributed by atoms with Crippen molar-refractivity contribution in [3.05, 3.63) is 0 Å². The Morgan fingerprint density at radius 3 is 0.462 bits per heavy atom. The molecule has 0 atom stereocenters. The van der Waals surface area contributed by atoms with Crippen LogP contribution in [-0.4, -0.2) is 0 Å². The lowest BCUT2D eigenvalue weighted by molar-refractivity contribution is 0.526. The molecule has 0 fully saturated rings. The van der Waals surface area contributed by atoms with E-state index < -0.39 is 0 Å². The van der Waals surface area contributed by atoms with Crippen LogP contribution in [0.25, 0.3) is 0 Å². The molecule has 0 bridgehead atoms. The maximum Gasteiger partial charge on any atom is -0.0533 e. The van der Waals surface area contributed by atoms with Crippen LogP contribution in [0.5, 0.6) is 0 Å². The summed E-state index contributed by atoms with van der Waals surface area (Å²) in [7, 11) is 0. The lowest BCUT2D eigenvalue weighted by atomic mass is 10.0. The van der Waals surface area contributed by atoms with Crippen LogP contribution in [0.1, 0.15) is 169 Å². The third kappa shape index (κ3) is 31.7. The van der Waals surface area contributed by atoms with Gasteiger partial charge in [0.05, 0.1) is 0 Å². The minimum Gasteiger partial charge on any atom is -0.0654 e. The molecule has 0 N–H and O–H groups in total. The molecule has 0 radical (unpaired) electrons. The fraction of sp³-hybridized carbons (Fsp3) is 1.00. The molecule has 0 aromatic carbocycles. The van der Waals surface area contributed by atoms with E-state index in [1.165, 1.54) is 141 Å². The van der Waals surface area contributed by atoms with Crippen LogP contribution < -0.4 is 0 Å². The van der Waals surface area contributed by atoms with Crippen LogP contribution >= 0.6 is 0 Å². The molecule has 0 aliphatic rings. The van der Waals surface area contributed by atoms with Gasteiger partial charge in [0.15, 0.2) is 0 Å². The van der Waals surface area contributed by atoms with E-state index in [-0.39, 0.29) is 0 Å². The van der Waals surface area contributed by atoms with Crippen LogP contribution in [-0.2, 0) is 0 Å². The normalized spacial score (nSPS) is 10.6. The third-order valence-electron chi connectivity index (χ3n) is 5.41. The zero-order chi connectivity index (χ0) is 19.6. The van der Waals surface area contributed by atoms with E-state index in [1.54, 1.807) is 0 Å². The summed E-state index contributed by atoms with van der Waals surface area (Å²) in [6.07, 6.45) is 31.9. The van der Waals surface area contributed by atoms with Crippen LogP contribution in [0, 0.1) is 0 Å². The first-order valence-corrected chi connectivity index (χ1v) is 12.8. The van der Waals surface area contributed by atoms with Gasteiger partial charge in [-0.25, -0.2) is 0 Å². The third-order valence-corrected chi connectivity index (χ3v) is 5.41. The number of hydrogen-bond donors (Lipinski definition) is 0. The SMILES string of the molecule is CCCCCC.CCCCCCCCCCCCCCCCCCCC. The van der Waals surface area contributed by atoms with E-state index >= 15 is 0 Å². The van der Waals surface area contributed by atoms with Crippen molar-refractivity contribution in [3.63, 3.8) is 0 Å². The summed E-state index contributed by atoms with van der Waals surface area (Å²) in [6, 6.07) is 0. The first-order valence-electron chi connectivity index (χ1n) is 12.8. The molecule has 0 aliphatic heterocycles. The molecule has 0 spiro atoms. The summed E-state index contributed by atoms with van der Waals surface area (Å²) in [4.78, 5) is 0. The Morgan fingerprint density at radius 1 is 0.192 bits per heavy atom. The standard InChI is InChI=1S/C20H42.C6H14/c1-3-5-7-9-11-13-15-17-19-20-18-16-14-12-10-8-6-4-2;1-3-5-6-4-2/h3-20H2,1-2H3;3-6H2,1-2H3. The highest BCUT2D eigenvalue weighted by Gasteiger charge is 1.94. The summed E-state index contributed by atoms with van der Waals surface area (Å²) in [5, 5.41) is 0. The molecule has 0 aromatic heterocycles. The van der Waals surface area contributed by atoms with Gasteiger partial charge in [-0.05, 0) is 0 Å². The van der Waals surface area contributed by atoms with Gasteiger partial charge in [-0.2, -0.15) is 0 Å². The molecule has 160 valence electrons. The monoisotopic (exact) mass is 368 g/mol. The Morgan fingerprint density at radius 2 is 0.308 bits per heavy atom. The van der Waals surface area contributed by atoms with E-state index in [4.69, 9.17) is 0 Å². The summed E-state index contributed by atoms with van der Waals surface area (Å²) in [5.74, 6) is 0. The van der Waals surface area contributed by atoms with Gasteiger partial charge in [-0.15, -0.1) is 0 Å². The van der Waals surface area contributed by atoms with Gasteiger partial charge in [-0.3, -0.25) is 0 Å². The predicted molar refractivity (Wildman–Crippen MR) is 124 cm³/mol. The maximum absolute atomic E-state index is 2.30. The smallest absolute Gasteiger partial charge is 0.0533 e. The highest BCUT2D eigenvalue weighted by atomic mass is 14.0. The topological polar surface area (TPSA) is 0 Å². The van der Waals surface area contributed by atoms with Crippen molar-refractivity contribution in [2.75, 3.05) is 0 Å². The van der Waals surface area contributed by atoms with Crippen molar-refractivity contribution >= 4 is 0 Å². The van der Waals surface area contributed by atoms with Crippen LogP contribution in [0.3, 0.4) is 0 Å². The van der Waals surface area contributed by atoms with Crippen molar-refractivity contribution in [1.29, 1.82) is 0 Å². The second-order valence-corrected chi connectivity index (χ2v) is 8.36. The minimum atomic E-state index is 1.36. The number of hydrogen-bond acceptors (Lipinski definition) is 0. The molecule has 0 saturated heterocycles. The van der Waals surface area contributed by atoms with Crippen molar-refractivity contribution in [3.8, 4) is 0 Å². The second kappa shape index (κ2) is 29.8. The molecule has 0 amide bonds. The van der Waals surface area contributed by atoms with E-state index in [9.17, 15) is 0 Å². The quantitative estimate of drug-likeness (QED) is 0.187. The molecule has 0 aromatic rings. The first-order chi connectivity index (χ1) is 12.8. The second-order valence-electron chi connectivity index (χ2n) is 8.36. The minimum absolute atomic E-state index is 1.36. The summed E-state index contributed by atoms with van der Waals surface area (Å²) < 4.78 is 0. The zero-order valence-corrected chi connectivity index (χ0v) is 19.6. The highest BCUT2D eigenvalue weighted by molar-refractivity contribution is 4.50. The average Bonchev–Trinajstić information content (AvgIpc) is 2.66. The van der Waals surface area contributed by atoms with Crippen molar-refractivity contribution in [2.24, 2.45) is 0 Å². The van der Waals surface area contributed by atoms with Gasteiger partial charge in [0, 0.05) is 0 Å². The Labute approximate surface area is 169 Å². The first kappa shape index (κ1) is 28.2. The molecule has 0 saturated carbocycles. The Balaban J connectivity index is 0. The van der Waals surface area contributed by atoms with Gasteiger partial charge in [0.1, 0.15) is 0 Å². The van der Waals surface area contributed by atoms with Crippen molar-refractivity contribution < 1.29 is 0 Å². The Bertz CT molecular complexity index is 174. The summed E-state index contributed by atoms with van der Waals surface area (Å²) in [6.45, 7) is 9.06. The molecule has 0 heterocycles. The van der Waals surface area contributed by atoms with Crippen molar-refractivity contribution in [1.82, 2.24) is 0 Å². The summed E-state index contributed by atoms with van der Waals surface area (Å²) >= 11 is 0. The fourth-order valence-electron chi connectivity index (χ4n) is 3.47. The molecule has 0 rings (SSSR count). The zero-order valence-electron chi connectivity index (χ0n) is 19.6. The van der Waals surface area contributed by atoms with Gasteiger partial charge in [0.25, 0.3) is 0 Å². The van der Waals surface area contributed by atoms with E-state index in [1.807, 2.05) is 0 Å². The molecule has 0 heteroatoms. The molecule has 0 aliphatic carbocycles.